The van der Waals surface area contributed by atoms with E-state index in [1.54, 1.807) is 12.3 Å². The van der Waals surface area contributed by atoms with Gasteiger partial charge in [-0.3, -0.25) is 14.8 Å². The van der Waals surface area contributed by atoms with Crippen LogP contribution in [0.15, 0.2) is 36.7 Å². The van der Waals surface area contributed by atoms with Crippen molar-refractivity contribution in [1.29, 1.82) is 0 Å². The molecule has 104 valence electrons. The first kappa shape index (κ1) is 14.0. The van der Waals surface area contributed by atoms with E-state index in [4.69, 9.17) is 0 Å². The molecule has 5 nitrogen and oxygen atoms in total. The van der Waals surface area contributed by atoms with E-state index in [1.165, 1.54) is 0 Å². The highest BCUT2D eigenvalue weighted by Gasteiger charge is 2.06. The summed E-state index contributed by atoms with van der Waals surface area (Å²) in [5.41, 5.74) is 3.36. The minimum atomic E-state index is -0.159. The van der Waals surface area contributed by atoms with Crippen LogP contribution in [0.4, 0.5) is 5.69 Å². The summed E-state index contributed by atoms with van der Waals surface area (Å²) in [4.78, 5) is 20.0. The minimum absolute atomic E-state index is 0.159. The average molecular weight is 270 g/mol. The second-order valence-electron chi connectivity index (χ2n) is 4.45. The molecule has 0 aliphatic heterocycles. The number of hydrogen-bond donors (Lipinski definition) is 2. The highest BCUT2D eigenvalue weighted by Crippen LogP contribution is 2.10. The fourth-order valence-electron chi connectivity index (χ4n) is 1.72. The lowest BCUT2D eigenvalue weighted by atomic mass is 10.2. The van der Waals surface area contributed by atoms with Gasteiger partial charge in [0.05, 0.1) is 0 Å². The molecule has 0 aromatic carbocycles. The van der Waals surface area contributed by atoms with Gasteiger partial charge in [0, 0.05) is 36.9 Å². The number of rotatable bonds is 5. The van der Waals surface area contributed by atoms with Crippen LogP contribution < -0.4 is 10.6 Å². The molecule has 0 aliphatic rings. The van der Waals surface area contributed by atoms with Crippen LogP contribution in [0.2, 0.25) is 0 Å². The van der Waals surface area contributed by atoms with Crippen LogP contribution in [0.5, 0.6) is 0 Å². The summed E-state index contributed by atoms with van der Waals surface area (Å²) >= 11 is 0. The third-order valence-electron chi connectivity index (χ3n) is 2.80. The van der Waals surface area contributed by atoms with Crippen LogP contribution in [0.25, 0.3) is 0 Å². The van der Waals surface area contributed by atoms with Gasteiger partial charge in [-0.05, 0) is 37.6 Å². The van der Waals surface area contributed by atoms with Crippen LogP contribution in [0, 0.1) is 6.92 Å². The van der Waals surface area contributed by atoms with E-state index < -0.39 is 0 Å². The number of hydrogen-bond acceptors (Lipinski definition) is 4. The lowest BCUT2D eigenvalue weighted by Gasteiger charge is -2.08. The van der Waals surface area contributed by atoms with Gasteiger partial charge in [-0.1, -0.05) is 6.07 Å². The SMILES string of the molecule is CCNC(=O)c1cc(NCc2ccc(C)nc2)ccn1. The smallest absolute Gasteiger partial charge is 0.269 e. The Bertz CT molecular complexity index is 581. The number of carbonyl (C=O) groups is 1. The zero-order valence-electron chi connectivity index (χ0n) is 11.7. The van der Waals surface area contributed by atoms with Gasteiger partial charge in [0.1, 0.15) is 5.69 Å². The number of aryl methyl sites for hydroxylation is 1. The van der Waals surface area contributed by atoms with Crippen LogP contribution in [-0.4, -0.2) is 22.4 Å². The van der Waals surface area contributed by atoms with Gasteiger partial charge in [0.25, 0.3) is 5.91 Å². The van der Waals surface area contributed by atoms with Crippen molar-refractivity contribution in [1.82, 2.24) is 15.3 Å². The zero-order valence-corrected chi connectivity index (χ0v) is 11.7. The molecule has 2 aromatic rings. The van der Waals surface area contributed by atoms with Gasteiger partial charge >= 0.3 is 0 Å². The van der Waals surface area contributed by atoms with Crippen molar-refractivity contribution < 1.29 is 4.79 Å². The summed E-state index contributed by atoms with van der Waals surface area (Å²) in [5.74, 6) is -0.159. The van der Waals surface area contributed by atoms with Crippen LogP contribution in [0.3, 0.4) is 0 Å². The lowest BCUT2D eigenvalue weighted by Crippen LogP contribution is -2.23. The monoisotopic (exact) mass is 270 g/mol. The van der Waals surface area contributed by atoms with E-state index in [2.05, 4.69) is 20.6 Å². The van der Waals surface area contributed by atoms with Gasteiger partial charge in [-0.2, -0.15) is 0 Å². The third kappa shape index (κ3) is 3.78. The molecule has 0 aliphatic carbocycles. The lowest BCUT2D eigenvalue weighted by molar-refractivity contribution is 0.0951. The molecular formula is C15H18N4O. The first-order valence-corrected chi connectivity index (χ1v) is 6.58. The second kappa shape index (κ2) is 6.65. The number of nitrogens with zero attached hydrogens (tertiary/aromatic N) is 2. The largest absolute Gasteiger partial charge is 0.381 e. The molecule has 2 heterocycles. The van der Waals surface area contributed by atoms with Gasteiger partial charge < -0.3 is 10.6 Å². The summed E-state index contributed by atoms with van der Waals surface area (Å²) in [6.07, 6.45) is 3.47. The maximum Gasteiger partial charge on any atom is 0.269 e. The molecule has 5 heteroatoms. The van der Waals surface area contributed by atoms with E-state index in [9.17, 15) is 4.79 Å². The van der Waals surface area contributed by atoms with Crippen molar-refractivity contribution in [3.8, 4) is 0 Å². The van der Waals surface area contributed by atoms with Crippen LogP contribution in [0.1, 0.15) is 28.7 Å². The van der Waals surface area contributed by atoms with Gasteiger partial charge in [-0.15, -0.1) is 0 Å². The Kier molecular flexibility index (Phi) is 4.65. The van der Waals surface area contributed by atoms with Crippen LogP contribution in [-0.2, 0) is 6.54 Å². The van der Waals surface area contributed by atoms with Gasteiger partial charge in [0.15, 0.2) is 0 Å². The van der Waals surface area contributed by atoms with E-state index in [0.29, 0.717) is 18.8 Å². The Morgan fingerprint density at radius 3 is 2.80 bits per heavy atom. The Morgan fingerprint density at radius 1 is 1.25 bits per heavy atom. The third-order valence-corrected chi connectivity index (χ3v) is 2.80. The Labute approximate surface area is 118 Å². The number of aromatic nitrogens is 2. The zero-order chi connectivity index (χ0) is 14.4. The van der Waals surface area contributed by atoms with Crippen molar-refractivity contribution in [3.05, 3.63) is 53.6 Å². The normalized spacial score (nSPS) is 10.1. The van der Waals surface area contributed by atoms with Crippen LogP contribution >= 0.6 is 0 Å². The van der Waals surface area contributed by atoms with Crippen molar-refractivity contribution in [2.24, 2.45) is 0 Å². The minimum Gasteiger partial charge on any atom is -0.381 e. The molecule has 0 saturated carbocycles. The highest BCUT2D eigenvalue weighted by molar-refractivity contribution is 5.93. The number of carbonyl (C=O) groups excluding carboxylic acids is 1. The summed E-state index contributed by atoms with van der Waals surface area (Å²) < 4.78 is 0. The summed E-state index contributed by atoms with van der Waals surface area (Å²) in [5, 5.41) is 5.99. The molecule has 0 saturated heterocycles. The average Bonchev–Trinajstić information content (AvgIpc) is 2.47. The first-order valence-electron chi connectivity index (χ1n) is 6.58. The number of nitrogens with one attached hydrogen (secondary N) is 2. The molecule has 0 atom stereocenters. The molecule has 0 spiro atoms. The summed E-state index contributed by atoms with van der Waals surface area (Å²) in [6.45, 7) is 5.09. The summed E-state index contributed by atoms with van der Waals surface area (Å²) in [6, 6.07) is 7.59. The maximum absolute atomic E-state index is 11.7. The van der Waals surface area contributed by atoms with Crippen molar-refractivity contribution in [3.63, 3.8) is 0 Å². The molecule has 0 radical (unpaired) electrons. The fourth-order valence-corrected chi connectivity index (χ4v) is 1.72. The highest BCUT2D eigenvalue weighted by atomic mass is 16.1. The van der Waals surface area contributed by atoms with Crippen molar-refractivity contribution in [2.75, 3.05) is 11.9 Å². The fraction of sp³-hybridized carbons (Fsp3) is 0.267. The molecule has 2 rings (SSSR count). The molecule has 2 aromatic heterocycles. The second-order valence-corrected chi connectivity index (χ2v) is 4.45. The predicted molar refractivity (Wildman–Crippen MR) is 78.5 cm³/mol. The molecule has 1 amide bonds. The predicted octanol–water partition coefficient (Wildman–Crippen LogP) is 2.15. The number of anilines is 1. The molecule has 2 N–H and O–H groups in total. The Balaban J connectivity index is 2.01. The number of pyridine rings is 2. The van der Waals surface area contributed by atoms with E-state index in [1.807, 2.05) is 38.2 Å². The Morgan fingerprint density at radius 2 is 2.10 bits per heavy atom. The molecule has 0 unspecified atom stereocenters. The maximum atomic E-state index is 11.7. The summed E-state index contributed by atoms with van der Waals surface area (Å²) in [7, 11) is 0. The standard InChI is InChI=1S/C15H18N4O/c1-3-16-15(20)14-8-13(6-7-17-14)19-10-12-5-4-11(2)18-9-12/h4-9H,3,10H2,1-2H3,(H,16,20)(H,17,19). The topological polar surface area (TPSA) is 66.9 Å². The van der Waals surface area contributed by atoms with Crippen molar-refractivity contribution >= 4 is 11.6 Å². The van der Waals surface area contributed by atoms with E-state index >= 15 is 0 Å². The Hall–Kier alpha value is -2.43. The number of amides is 1. The van der Waals surface area contributed by atoms with Gasteiger partial charge in [0.2, 0.25) is 0 Å². The molecule has 20 heavy (non-hydrogen) atoms. The molecular weight excluding hydrogens is 252 g/mol. The molecule has 0 fully saturated rings. The first-order chi connectivity index (χ1) is 9.69. The molecule has 0 bridgehead atoms. The van der Waals surface area contributed by atoms with Gasteiger partial charge in [-0.25, -0.2) is 0 Å². The van der Waals surface area contributed by atoms with E-state index in [-0.39, 0.29) is 5.91 Å². The van der Waals surface area contributed by atoms with E-state index in [0.717, 1.165) is 16.9 Å². The quantitative estimate of drug-likeness (QED) is 0.873. The van der Waals surface area contributed by atoms with Crippen molar-refractivity contribution in [2.45, 2.75) is 20.4 Å².